The Balaban J connectivity index is 1.97. The summed E-state index contributed by atoms with van der Waals surface area (Å²) in [6.07, 6.45) is 1.35. The highest BCUT2D eigenvalue weighted by atomic mass is 16.5. The van der Waals surface area contributed by atoms with E-state index in [9.17, 15) is 14.4 Å². The number of aryl methyl sites for hydroxylation is 1. The van der Waals surface area contributed by atoms with Crippen LogP contribution in [0.3, 0.4) is 0 Å². The molecule has 0 radical (unpaired) electrons. The fourth-order valence-electron chi connectivity index (χ4n) is 3.74. The molecule has 7 heteroatoms. The van der Waals surface area contributed by atoms with E-state index < -0.39 is 11.9 Å². The minimum atomic E-state index is -0.910. The van der Waals surface area contributed by atoms with Gasteiger partial charge in [0.25, 0.3) is 11.8 Å². The van der Waals surface area contributed by atoms with Crippen LogP contribution in [0.1, 0.15) is 53.9 Å². The summed E-state index contributed by atoms with van der Waals surface area (Å²) in [5.74, 6) is -0.0838. The molecule has 0 aliphatic rings. The molecule has 2 N–H and O–H groups in total. The minimum absolute atomic E-state index is 0.00538. The van der Waals surface area contributed by atoms with Crippen molar-refractivity contribution in [2.24, 2.45) is 0 Å². The third kappa shape index (κ3) is 5.54. The number of carbonyl (C=O) groups is 2. The van der Waals surface area contributed by atoms with Crippen LogP contribution in [0.5, 0.6) is 5.75 Å². The summed E-state index contributed by atoms with van der Waals surface area (Å²) in [5.41, 5.74) is 3.24. The van der Waals surface area contributed by atoms with Crippen molar-refractivity contribution in [1.82, 2.24) is 9.88 Å². The van der Waals surface area contributed by atoms with Gasteiger partial charge >= 0.3 is 0 Å². The molecule has 0 saturated carbocycles. The summed E-state index contributed by atoms with van der Waals surface area (Å²) >= 11 is 0. The standard InChI is InChI=1S/C27H31N3O4/c1-17-15-21(34-6)12-13-22(17)24(30(5)26(33)18-7-14-23(31)28-16-18)25(32)29-20-10-8-19(9-11-20)27(2,3)4/h7-16,24H,1-6H3,(H,28,31)(H,29,32). The molecule has 3 rings (SSSR count). The van der Waals surface area contributed by atoms with Crippen molar-refractivity contribution in [3.8, 4) is 5.75 Å². The average molecular weight is 462 g/mol. The molecule has 0 aliphatic carbocycles. The van der Waals surface area contributed by atoms with E-state index in [1.54, 1.807) is 26.3 Å². The van der Waals surface area contributed by atoms with Gasteiger partial charge in [-0.3, -0.25) is 14.4 Å². The number of H-pyrrole nitrogens is 1. The molecule has 7 nitrogen and oxygen atoms in total. The Morgan fingerprint density at radius 3 is 2.24 bits per heavy atom. The zero-order chi connectivity index (χ0) is 25.0. The highest BCUT2D eigenvalue weighted by Gasteiger charge is 2.31. The summed E-state index contributed by atoms with van der Waals surface area (Å²) in [6, 6.07) is 14.9. The van der Waals surface area contributed by atoms with Crippen LogP contribution >= 0.6 is 0 Å². The van der Waals surface area contributed by atoms with Gasteiger partial charge in [0, 0.05) is 25.0 Å². The Morgan fingerprint density at radius 2 is 1.71 bits per heavy atom. The number of hydrogen-bond donors (Lipinski definition) is 2. The van der Waals surface area contributed by atoms with Crippen molar-refractivity contribution in [3.05, 3.63) is 93.4 Å². The lowest BCUT2D eigenvalue weighted by atomic mass is 9.87. The van der Waals surface area contributed by atoms with Crippen LogP contribution in [0.4, 0.5) is 5.69 Å². The lowest BCUT2D eigenvalue weighted by Crippen LogP contribution is -2.39. The SMILES string of the molecule is COc1ccc(C(C(=O)Nc2ccc(C(C)(C)C)cc2)N(C)C(=O)c2ccc(=O)[nH]c2)c(C)c1. The Bertz CT molecular complexity index is 1220. The van der Waals surface area contributed by atoms with Crippen LogP contribution in [0, 0.1) is 6.92 Å². The van der Waals surface area contributed by atoms with E-state index in [-0.39, 0.29) is 22.4 Å². The molecule has 2 aromatic carbocycles. The number of methoxy groups -OCH3 is 1. The number of nitrogens with one attached hydrogen (secondary N) is 2. The first-order valence-corrected chi connectivity index (χ1v) is 11.0. The molecular formula is C27H31N3O4. The first-order valence-electron chi connectivity index (χ1n) is 11.0. The molecular weight excluding hydrogens is 430 g/mol. The quantitative estimate of drug-likeness (QED) is 0.568. The van der Waals surface area contributed by atoms with Gasteiger partial charge in [0.05, 0.1) is 12.7 Å². The van der Waals surface area contributed by atoms with Crippen molar-refractivity contribution < 1.29 is 14.3 Å². The van der Waals surface area contributed by atoms with Gasteiger partial charge in [0.15, 0.2) is 0 Å². The van der Waals surface area contributed by atoms with Gasteiger partial charge in [-0.2, -0.15) is 0 Å². The number of ether oxygens (including phenoxy) is 1. The molecule has 1 atom stereocenters. The third-order valence-electron chi connectivity index (χ3n) is 5.78. The van der Waals surface area contributed by atoms with Crippen molar-refractivity contribution >= 4 is 17.5 Å². The summed E-state index contributed by atoms with van der Waals surface area (Å²) in [4.78, 5) is 42.1. The highest BCUT2D eigenvalue weighted by Crippen LogP contribution is 2.29. The van der Waals surface area contributed by atoms with Crippen LogP contribution in [-0.2, 0) is 10.2 Å². The van der Waals surface area contributed by atoms with E-state index in [0.717, 1.165) is 11.1 Å². The van der Waals surface area contributed by atoms with Crippen molar-refractivity contribution in [3.63, 3.8) is 0 Å². The largest absolute Gasteiger partial charge is 0.497 e. The van der Waals surface area contributed by atoms with Gasteiger partial charge in [-0.05, 0) is 59.4 Å². The first-order chi connectivity index (χ1) is 16.0. The lowest BCUT2D eigenvalue weighted by Gasteiger charge is -2.29. The number of amides is 2. The molecule has 1 heterocycles. The van der Waals surface area contributed by atoms with E-state index in [0.29, 0.717) is 17.0 Å². The zero-order valence-corrected chi connectivity index (χ0v) is 20.4. The van der Waals surface area contributed by atoms with Crippen molar-refractivity contribution in [2.45, 2.75) is 39.2 Å². The van der Waals surface area contributed by atoms with Gasteiger partial charge in [0.1, 0.15) is 11.8 Å². The maximum atomic E-state index is 13.5. The predicted octanol–water partition coefficient (Wildman–Crippen LogP) is 4.44. The van der Waals surface area contributed by atoms with E-state index in [4.69, 9.17) is 4.74 Å². The second-order valence-corrected chi connectivity index (χ2v) is 9.30. The molecule has 0 bridgehead atoms. The molecule has 178 valence electrons. The molecule has 0 fully saturated rings. The lowest BCUT2D eigenvalue weighted by molar-refractivity contribution is -0.120. The van der Waals surface area contributed by atoms with Crippen molar-refractivity contribution in [2.75, 3.05) is 19.5 Å². The number of likely N-dealkylation sites (N-methyl/N-ethyl adjacent to an activating group) is 1. The van der Waals surface area contributed by atoms with Crippen LogP contribution in [0.15, 0.2) is 65.6 Å². The Labute approximate surface area is 199 Å². The number of benzene rings is 2. The number of carbonyl (C=O) groups excluding carboxylic acids is 2. The summed E-state index contributed by atoms with van der Waals surface area (Å²) in [6.45, 7) is 8.25. The molecule has 3 aromatic rings. The fraction of sp³-hybridized carbons (Fsp3) is 0.296. The van der Waals surface area contributed by atoms with Crippen LogP contribution in [0.2, 0.25) is 0 Å². The van der Waals surface area contributed by atoms with Gasteiger partial charge < -0.3 is 19.9 Å². The van der Waals surface area contributed by atoms with E-state index in [1.807, 2.05) is 37.3 Å². The average Bonchev–Trinajstić information content (AvgIpc) is 2.80. The smallest absolute Gasteiger partial charge is 0.256 e. The molecule has 2 amide bonds. The third-order valence-corrected chi connectivity index (χ3v) is 5.78. The Kier molecular flexibility index (Phi) is 7.25. The minimum Gasteiger partial charge on any atom is -0.497 e. The summed E-state index contributed by atoms with van der Waals surface area (Å²) in [7, 11) is 3.15. The molecule has 34 heavy (non-hydrogen) atoms. The number of aromatic nitrogens is 1. The first kappa shape index (κ1) is 24.8. The van der Waals surface area contributed by atoms with Crippen LogP contribution in [-0.4, -0.2) is 35.9 Å². The number of hydrogen-bond acceptors (Lipinski definition) is 4. The Hall–Kier alpha value is -3.87. The fourth-order valence-corrected chi connectivity index (χ4v) is 3.74. The van der Waals surface area contributed by atoms with Gasteiger partial charge in [-0.25, -0.2) is 0 Å². The maximum absolute atomic E-state index is 13.5. The monoisotopic (exact) mass is 461 g/mol. The number of aromatic amines is 1. The van der Waals surface area contributed by atoms with Crippen molar-refractivity contribution in [1.29, 1.82) is 0 Å². The number of pyridine rings is 1. The predicted molar refractivity (Wildman–Crippen MR) is 133 cm³/mol. The van der Waals surface area contributed by atoms with Gasteiger partial charge in [-0.1, -0.05) is 39.0 Å². The van der Waals surface area contributed by atoms with Crippen LogP contribution < -0.4 is 15.6 Å². The second-order valence-electron chi connectivity index (χ2n) is 9.30. The van der Waals surface area contributed by atoms with Gasteiger partial charge in [0.2, 0.25) is 5.56 Å². The molecule has 0 aliphatic heterocycles. The number of rotatable bonds is 6. The molecule has 0 saturated heterocycles. The highest BCUT2D eigenvalue weighted by molar-refractivity contribution is 6.01. The van der Waals surface area contributed by atoms with E-state index >= 15 is 0 Å². The molecule has 1 unspecified atom stereocenters. The van der Waals surface area contributed by atoms with E-state index in [2.05, 4.69) is 31.1 Å². The molecule has 0 spiro atoms. The second kappa shape index (κ2) is 9.95. The van der Waals surface area contributed by atoms with E-state index in [1.165, 1.54) is 23.2 Å². The Morgan fingerprint density at radius 1 is 1.03 bits per heavy atom. The topological polar surface area (TPSA) is 91.5 Å². The summed E-state index contributed by atoms with van der Waals surface area (Å²) < 4.78 is 5.30. The molecule has 1 aromatic heterocycles. The number of anilines is 1. The normalized spacial score (nSPS) is 12.1. The summed E-state index contributed by atoms with van der Waals surface area (Å²) in [5, 5.41) is 2.95. The van der Waals surface area contributed by atoms with Gasteiger partial charge in [-0.15, -0.1) is 0 Å². The number of nitrogens with zero attached hydrogens (tertiary/aromatic N) is 1. The maximum Gasteiger partial charge on any atom is 0.256 e. The van der Waals surface area contributed by atoms with Crippen LogP contribution in [0.25, 0.3) is 0 Å². The zero-order valence-electron chi connectivity index (χ0n) is 20.4.